The number of unbranched alkanes of at least 4 members (excludes halogenated alkanes) is 12. The Balaban J connectivity index is 2.93. The first-order valence-corrected chi connectivity index (χ1v) is 8.26. The van der Waals surface area contributed by atoms with Crippen molar-refractivity contribution in [3.63, 3.8) is 0 Å². The molecule has 0 amide bonds. The van der Waals surface area contributed by atoms with Crippen LogP contribution < -0.4 is 0 Å². The van der Waals surface area contributed by atoms with Gasteiger partial charge in [-0.1, -0.05) is 84.0 Å². The molecule has 0 aliphatic rings. The maximum atomic E-state index is 10.4. The number of carbonyl (C=O) groups excluding carboxylic acids is 1. The highest BCUT2D eigenvalue weighted by molar-refractivity contribution is 5.73. The van der Waals surface area contributed by atoms with Crippen LogP contribution in [0.15, 0.2) is 0 Å². The molecule has 0 aromatic heterocycles. The van der Waals surface area contributed by atoms with Crippen molar-refractivity contribution in [3.05, 3.63) is 6.92 Å². The summed E-state index contributed by atoms with van der Waals surface area (Å²) >= 11 is 0. The number of carbonyl (C=O) groups is 1. The summed E-state index contributed by atoms with van der Waals surface area (Å²) in [7, 11) is 0. The molecule has 2 heteroatoms. The molecule has 19 heavy (non-hydrogen) atoms. The summed E-state index contributed by atoms with van der Waals surface area (Å²) in [6, 6.07) is 0. The first-order chi connectivity index (χ1) is 9.27. The van der Waals surface area contributed by atoms with E-state index in [-0.39, 0.29) is 0 Å². The number of rotatable bonds is 14. The third kappa shape index (κ3) is 17.5. The summed E-state index contributed by atoms with van der Waals surface area (Å²) in [4.78, 5) is 10.4. The van der Waals surface area contributed by atoms with Crippen molar-refractivity contribution in [1.29, 1.82) is 0 Å². The first-order valence-electron chi connectivity index (χ1n) is 8.26. The van der Waals surface area contributed by atoms with Crippen molar-refractivity contribution in [3.8, 4) is 0 Å². The Morgan fingerprint density at radius 3 is 1.47 bits per heavy atom. The van der Waals surface area contributed by atoms with Gasteiger partial charge in [0.25, 0.3) is 0 Å². The van der Waals surface area contributed by atoms with E-state index in [9.17, 15) is 4.79 Å². The van der Waals surface area contributed by atoms with E-state index in [4.69, 9.17) is 4.74 Å². The average molecular weight is 269 g/mol. The van der Waals surface area contributed by atoms with Gasteiger partial charge in [0.2, 0.25) is 0 Å². The predicted octanol–water partition coefficient (Wildman–Crippen LogP) is 5.45. The van der Waals surface area contributed by atoms with Gasteiger partial charge in [0, 0.05) is 0 Å². The quantitative estimate of drug-likeness (QED) is 0.309. The van der Waals surface area contributed by atoms with Crippen LogP contribution in [0.2, 0.25) is 0 Å². The van der Waals surface area contributed by atoms with E-state index in [1.165, 1.54) is 77.0 Å². The van der Waals surface area contributed by atoms with Gasteiger partial charge in [-0.3, -0.25) is 4.79 Å². The topological polar surface area (TPSA) is 26.3 Å². The smallest absolute Gasteiger partial charge is 0.306 e. The Morgan fingerprint density at radius 2 is 1.11 bits per heavy atom. The van der Waals surface area contributed by atoms with E-state index in [0.29, 0.717) is 6.61 Å². The predicted molar refractivity (Wildman–Crippen MR) is 82.0 cm³/mol. The Morgan fingerprint density at radius 1 is 0.737 bits per heavy atom. The lowest BCUT2D eigenvalue weighted by atomic mass is 10.0. The Kier molecular flexibility index (Phi) is 15.1. The number of esters is 1. The zero-order chi connectivity index (χ0) is 14.2. The molecule has 0 aromatic carbocycles. The van der Waals surface area contributed by atoms with Crippen molar-refractivity contribution in [2.24, 2.45) is 0 Å². The molecule has 0 aromatic rings. The molecule has 1 radical (unpaired) electrons. The van der Waals surface area contributed by atoms with Crippen LogP contribution in [0.25, 0.3) is 0 Å². The largest absolute Gasteiger partial charge is 0.466 e. The summed E-state index contributed by atoms with van der Waals surface area (Å²) in [5.41, 5.74) is 0. The molecular weight excluding hydrogens is 236 g/mol. The van der Waals surface area contributed by atoms with Crippen LogP contribution in [0.1, 0.15) is 90.4 Å². The molecule has 0 saturated heterocycles. The molecule has 0 unspecified atom stereocenters. The van der Waals surface area contributed by atoms with Crippen molar-refractivity contribution >= 4 is 5.97 Å². The number of hydrogen-bond donors (Lipinski definition) is 0. The zero-order valence-corrected chi connectivity index (χ0v) is 12.9. The summed E-state index contributed by atoms with van der Waals surface area (Å²) in [5, 5.41) is 0. The molecule has 0 heterocycles. The second kappa shape index (κ2) is 15.5. The third-order valence-corrected chi connectivity index (χ3v) is 3.51. The standard InChI is InChI=1S/C17H33O2/c1-3-4-5-6-7-8-9-10-11-12-13-14-15-16-19-17(2)18/h2-16H2,1H3. The maximum Gasteiger partial charge on any atom is 0.306 e. The van der Waals surface area contributed by atoms with Crippen LogP contribution >= 0.6 is 0 Å². The minimum absolute atomic E-state index is 0.404. The summed E-state index contributed by atoms with van der Waals surface area (Å²) in [5.74, 6) is -0.404. The molecule has 0 aliphatic carbocycles. The Labute approximate surface area is 120 Å². The molecule has 2 nitrogen and oxygen atoms in total. The fourth-order valence-electron chi connectivity index (χ4n) is 2.31. The van der Waals surface area contributed by atoms with Gasteiger partial charge in [0.1, 0.15) is 0 Å². The lowest BCUT2D eigenvalue weighted by Gasteiger charge is -2.03. The van der Waals surface area contributed by atoms with Crippen LogP contribution in [-0.4, -0.2) is 12.6 Å². The molecular formula is C17H33O2. The summed E-state index contributed by atoms with van der Waals surface area (Å²) in [6.07, 6.45) is 17.4. The molecule has 0 spiro atoms. The van der Waals surface area contributed by atoms with Gasteiger partial charge in [-0.15, -0.1) is 0 Å². The second-order valence-electron chi connectivity index (χ2n) is 5.46. The van der Waals surface area contributed by atoms with E-state index < -0.39 is 5.97 Å². The minimum Gasteiger partial charge on any atom is -0.466 e. The van der Waals surface area contributed by atoms with E-state index in [2.05, 4.69) is 13.8 Å². The lowest BCUT2D eigenvalue weighted by molar-refractivity contribution is -0.138. The highest BCUT2D eigenvalue weighted by Crippen LogP contribution is 2.12. The molecule has 0 aliphatic heterocycles. The van der Waals surface area contributed by atoms with Crippen LogP contribution in [0.3, 0.4) is 0 Å². The molecule has 0 atom stereocenters. The van der Waals surface area contributed by atoms with Crippen molar-refractivity contribution in [1.82, 2.24) is 0 Å². The Hall–Kier alpha value is -0.530. The highest BCUT2D eigenvalue weighted by atomic mass is 16.5. The monoisotopic (exact) mass is 269 g/mol. The maximum absolute atomic E-state index is 10.4. The third-order valence-electron chi connectivity index (χ3n) is 3.51. The van der Waals surface area contributed by atoms with E-state index in [0.717, 1.165) is 6.42 Å². The second-order valence-corrected chi connectivity index (χ2v) is 5.46. The van der Waals surface area contributed by atoms with Gasteiger partial charge < -0.3 is 4.74 Å². The normalized spacial score (nSPS) is 10.6. The molecule has 0 fully saturated rings. The van der Waals surface area contributed by atoms with Gasteiger partial charge in [-0.05, 0) is 6.42 Å². The van der Waals surface area contributed by atoms with Crippen LogP contribution in [-0.2, 0) is 9.53 Å². The first kappa shape index (κ1) is 18.5. The van der Waals surface area contributed by atoms with Gasteiger partial charge in [-0.25, -0.2) is 0 Å². The van der Waals surface area contributed by atoms with Gasteiger partial charge in [-0.2, -0.15) is 0 Å². The molecule has 0 bridgehead atoms. The molecule has 0 rings (SSSR count). The Bertz CT molecular complexity index is 190. The number of hydrogen-bond acceptors (Lipinski definition) is 2. The molecule has 0 N–H and O–H groups in total. The van der Waals surface area contributed by atoms with Crippen LogP contribution in [0, 0.1) is 6.92 Å². The zero-order valence-electron chi connectivity index (χ0n) is 12.9. The highest BCUT2D eigenvalue weighted by Gasteiger charge is 1.95. The van der Waals surface area contributed by atoms with E-state index in [1.807, 2.05) is 0 Å². The SMILES string of the molecule is [CH2]C(=O)OCCCCCCCCCCCCCCC. The van der Waals surface area contributed by atoms with Crippen molar-refractivity contribution < 1.29 is 9.53 Å². The van der Waals surface area contributed by atoms with Crippen LogP contribution in [0.5, 0.6) is 0 Å². The van der Waals surface area contributed by atoms with Crippen LogP contribution in [0.4, 0.5) is 0 Å². The fourth-order valence-corrected chi connectivity index (χ4v) is 2.31. The molecule has 113 valence electrons. The van der Waals surface area contributed by atoms with E-state index >= 15 is 0 Å². The van der Waals surface area contributed by atoms with Crippen molar-refractivity contribution in [2.75, 3.05) is 6.61 Å². The molecule has 0 saturated carbocycles. The van der Waals surface area contributed by atoms with Gasteiger partial charge in [0.05, 0.1) is 13.5 Å². The minimum atomic E-state index is -0.404. The van der Waals surface area contributed by atoms with Gasteiger partial charge in [0.15, 0.2) is 0 Å². The average Bonchev–Trinajstić information content (AvgIpc) is 2.39. The fraction of sp³-hybridized carbons (Fsp3) is 0.882. The van der Waals surface area contributed by atoms with Crippen molar-refractivity contribution in [2.45, 2.75) is 90.4 Å². The summed E-state index contributed by atoms with van der Waals surface area (Å²) in [6.45, 7) is 5.99. The number of ether oxygens (including phenoxy) is 1. The summed E-state index contributed by atoms with van der Waals surface area (Å²) < 4.78 is 4.79. The van der Waals surface area contributed by atoms with E-state index in [1.54, 1.807) is 0 Å². The van der Waals surface area contributed by atoms with Gasteiger partial charge >= 0.3 is 5.97 Å². The lowest BCUT2D eigenvalue weighted by Crippen LogP contribution is -2.00.